The van der Waals surface area contributed by atoms with Crippen LogP contribution >= 0.6 is 0 Å². The van der Waals surface area contributed by atoms with Crippen LogP contribution in [0.5, 0.6) is 0 Å². The molecule has 3 aromatic rings. The number of aromatic nitrogens is 4. The molecule has 0 N–H and O–H groups in total. The van der Waals surface area contributed by atoms with Crippen molar-refractivity contribution >= 4 is 16.6 Å². The second kappa shape index (κ2) is 5.35. The van der Waals surface area contributed by atoms with Crippen LogP contribution in [0.3, 0.4) is 0 Å². The van der Waals surface area contributed by atoms with E-state index in [1.54, 1.807) is 18.5 Å². The standard InChI is InChI=1S/C14H15N5O2/c1-2-7-18-14(15-10-16-18)9-17-8-6-11-12(17)4-3-5-13(11)19(20)21/h3-6,8,10H,2,7,9H2,1H3. The molecule has 1 aromatic carbocycles. The number of nitro groups is 1. The first kappa shape index (κ1) is 13.3. The molecule has 7 heteroatoms. The molecule has 0 atom stereocenters. The van der Waals surface area contributed by atoms with Gasteiger partial charge in [0.25, 0.3) is 5.69 Å². The zero-order valence-electron chi connectivity index (χ0n) is 11.6. The zero-order valence-corrected chi connectivity index (χ0v) is 11.6. The Kier molecular flexibility index (Phi) is 3.39. The monoisotopic (exact) mass is 285 g/mol. The zero-order chi connectivity index (χ0) is 14.8. The first-order valence-electron chi connectivity index (χ1n) is 6.79. The molecule has 0 aliphatic rings. The Labute approximate surface area is 121 Å². The smallest absolute Gasteiger partial charge is 0.278 e. The first-order valence-corrected chi connectivity index (χ1v) is 6.79. The molecule has 0 saturated heterocycles. The average Bonchev–Trinajstić information content (AvgIpc) is 3.07. The van der Waals surface area contributed by atoms with E-state index in [0.29, 0.717) is 11.9 Å². The Hall–Kier alpha value is -2.70. The van der Waals surface area contributed by atoms with Crippen molar-refractivity contribution in [3.8, 4) is 0 Å². The van der Waals surface area contributed by atoms with Crippen LogP contribution in [0.25, 0.3) is 10.9 Å². The van der Waals surface area contributed by atoms with Gasteiger partial charge >= 0.3 is 0 Å². The summed E-state index contributed by atoms with van der Waals surface area (Å²) in [7, 11) is 0. The number of fused-ring (bicyclic) bond motifs is 1. The van der Waals surface area contributed by atoms with Crippen LogP contribution in [0.1, 0.15) is 19.2 Å². The average molecular weight is 285 g/mol. The second-order valence-corrected chi connectivity index (χ2v) is 4.81. The Balaban J connectivity index is 2.00. The first-order chi connectivity index (χ1) is 10.2. The maximum atomic E-state index is 11.1. The molecule has 0 radical (unpaired) electrons. The molecule has 0 fully saturated rings. The largest absolute Gasteiger partial charge is 0.340 e. The molecule has 0 aliphatic carbocycles. The SMILES string of the molecule is CCCn1ncnc1Cn1ccc2c([N+](=O)[O-])cccc21. The van der Waals surface area contributed by atoms with Crippen molar-refractivity contribution in [1.82, 2.24) is 19.3 Å². The van der Waals surface area contributed by atoms with Crippen LogP contribution in [0.15, 0.2) is 36.8 Å². The Bertz CT molecular complexity index is 790. The summed E-state index contributed by atoms with van der Waals surface area (Å²) in [5, 5.41) is 15.9. The van der Waals surface area contributed by atoms with E-state index in [1.165, 1.54) is 6.07 Å². The van der Waals surface area contributed by atoms with E-state index in [9.17, 15) is 10.1 Å². The van der Waals surface area contributed by atoms with Crippen molar-refractivity contribution < 1.29 is 4.92 Å². The lowest BCUT2D eigenvalue weighted by Gasteiger charge is -2.07. The van der Waals surface area contributed by atoms with Crippen LogP contribution < -0.4 is 0 Å². The molecule has 3 rings (SSSR count). The molecule has 21 heavy (non-hydrogen) atoms. The number of nitrogens with zero attached hydrogens (tertiary/aromatic N) is 5. The van der Waals surface area contributed by atoms with Gasteiger partial charge in [-0.1, -0.05) is 13.0 Å². The molecule has 0 saturated carbocycles. The maximum absolute atomic E-state index is 11.1. The van der Waals surface area contributed by atoms with Gasteiger partial charge in [0.2, 0.25) is 0 Å². The number of hydrogen-bond donors (Lipinski definition) is 0. The molecule has 2 aromatic heterocycles. The summed E-state index contributed by atoms with van der Waals surface area (Å²) in [6, 6.07) is 6.87. The third kappa shape index (κ3) is 2.37. The summed E-state index contributed by atoms with van der Waals surface area (Å²) in [5.41, 5.74) is 0.955. The fourth-order valence-electron chi connectivity index (χ4n) is 2.47. The van der Waals surface area contributed by atoms with Gasteiger partial charge in [-0.05, 0) is 18.6 Å². The van der Waals surface area contributed by atoms with Gasteiger partial charge in [0.15, 0.2) is 0 Å². The minimum absolute atomic E-state index is 0.126. The van der Waals surface area contributed by atoms with Crippen molar-refractivity contribution in [2.24, 2.45) is 0 Å². The molecule has 0 amide bonds. The van der Waals surface area contributed by atoms with Crippen molar-refractivity contribution in [1.29, 1.82) is 0 Å². The minimum atomic E-state index is -0.355. The lowest BCUT2D eigenvalue weighted by Crippen LogP contribution is -2.09. The van der Waals surface area contributed by atoms with Gasteiger partial charge in [-0.3, -0.25) is 10.1 Å². The summed E-state index contributed by atoms with van der Waals surface area (Å²) in [4.78, 5) is 15.0. The topological polar surface area (TPSA) is 78.8 Å². The van der Waals surface area contributed by atoms with Gasteiger partial charge in [0.1, 0.15) is 12.2 Å². The molecule has 7 nitrogen and oxygen atoms in total. The Morgan fingerprint density at radius 3 is 2.95 bits per heavy atom. The molecule has 2 heterocycles. The van der Waals surface area contributed by atoms with Gasteiger partial charge in [-0.15, -0.1) is 0 Å². The van der Waals surface area contributed by atoms with E-state index in [2.05, 4.69) is 17.0 Å². The van der Waals surface area contributed by atoms with E-state index in [1.807, 2.05) is 21.5 Å². The number of non-ortho nitro benzene ring substituents is 1. The Morgan fingerprint density at radius 1 is 1.33 bits per heavy atom. The molecule has 0 bridgehead atoms. The quantitative estimate of drug-likeness (QED) is 0.533. The van der Waals surface area contributed by atoms with Gasteiger partial charge in [-0.2, -0.15) is 5.10 Å². The van der Waals surface area contributed by atoms with Crippen LogP contribution in [0, 0.1) is 10.1 Å². The molecule has 108 valence electrons. The highest BCUT2D eigenvalue weighted by molar-refractivity contribution is 5.89. The van der Waals surface area contributed by atoms with E-state index >= 15 is 0 Å². The highest BCUT2D eigenvalue weighted by atomic mass is 16.6. The van der Waals surface area contributed by atoms with Crippen LogP contribution in [0.4, 0.5) is 5.69 Å². The third-order valence-electron chi connectivity index (χ3n) is 3.43. The van der Waals surface area contributed by atoms with Gasteiger partial charge in [0.05, 0.1) is 22.4 Å². The third-order valence-corrected chi connectivity index (χ3v) is 3.43. The second-order valence-electron chi connectivity index (χ2n) is 4.81. The normalized spacial score (nSPS) is 11.1. The maximum Gasteiger partial charge on any atom is 0.278 e. The van der Waals surface area contributed by atoms with Gasteiger partial charge < -0.3 is 4.57 Å². The minimum Gasteiger partial charge on any atom is -0.340 e. The van der Waals surface area contributed by atoms with Gasteiger partial charge in [-0.25, -0.2) is 9.67 Å². The summed E-state index contributed by atoms with van der Waals surface area (Å²) in [6.45, 7) is 3.44. The number of benzene rings is 1. The summed E-state index contributed by atoms with van der Waals surface area (Å²) in [5.74, 6) is 0.848. The van der Waals surface area contributed by atoms with Crippen molar-refractivity contribution in [2.45, 2.75) is 26.4 Å². The van der Waals surface area contributed by atoms with E-state index in [0.717, 1.165) is 24.3 Å². The van der Waals surface area contributed by atoms with Crippen molar-refractivity contribution in [3.05, 3.63) is 52.7 Å². The van der Waals surface area contributed by atoms with Crippen molar-refractivity contribution in [2.75, 3.05) is 0 Å². The van der Waals surface area contributed by atoms with Crippen molar-refractivity contribution in [3.63, 3.8) is 0 Å². The summed E-state index contributed by atoms with van der Waals surface area (Å²) in [6.07, 6.45) is 4.37. The number of aryl methyl sites for hydroxylation is 1. The Morgan fingerprint density at radius 2 is 2.19 bits per heavy atom. The lowest BCUT2D eigenvalue weighted by molar-refractivity contribution is -0.383. The molecule has 0 spiro atoms. The van der Waals surface area contributed by atoms with Crippen LogP contribution in [-0.4, -0.2) is 24.3 Å². The van der Waals surface area contributed by atoms with Crippen LogP contribution in [-0.2, 0) is 13.1 Å². The number of nitro benzene ring substituents is 1. The summed E-state index contributed by atoms with van der Waals surface area (Å²) >= 11 is 0. The lowest BCUT2D eigenvalue weighted by atomic mass is 10.2. The highest BCUT2D eigenvalue weighted by Crippen LogP contribution is 2.26. The number of hydrogen-bond acceptors (Lipinski definition) is 4. The predicted octanol–water partition coefficient (Wildman–Crippen LogP) is 2.60. The predicted molar refractivity (Wildman–Crippen MR) is 78.0 cm³/mol. The summed E-state index contributed by atoms with van der Waals surface area (Å²) < 4.78 is 3.82. The fraction of sp³-hybridized carbons (Fsp3) is 0.286. The fourth-order valence-corrected chi connectivity index (χ4v) is 2.47. The van der Waals surface area contributed by atoms with E-state index < -0.39 is 0 Å². The van der Waals surface area contributed by atoms with Crippen LogP contribution in [0.2, 0.25) is 0 Å². The molecule has 0 unspecified atom stereocenters. The molecular formula is C14H15N5O2. The highest BCUT2D eigenvalue weighted by Gasteiger charge is 2.14. The number of rotatable bonds is 5. The van der Waals surface area contributed by atoms with Gasteiger partial charge in [0, 0.05) is 18.8 Å². The molecule has 0 aliphatic heterocycles. The molecular weight excluding hydrogens is 270 g/mol. The van der Waals surface area contributed by atoms with E-state index in [4.69, 9.17) is 0 Å². The van der Waals surface area contributed by atoms with E-state index in [-0.39, 0.29) is 10.6 Å².